The number of urea groups is 1. The van der Waals surface area contributed by atoms with Crippen molar-refractivity contribution in [2.24, 2.45) is 4.99 Å². The molecule has 3 rings (SSSR count). The van der Waals surface area contributed by atoms with Gasteiger partial charge in [-0.05, 0) is 68.6 Å². The molecule has 1 aromatic rings. The molecule has 2 fully saturated rings. The zero-order valence-corrected chi connectivity index (χ0v) is 25.9. The van der Waals surface area contributed by atoms with Gasteiger partial charge in [0.15, 0.2) is 0 Å². The molecule has 0 radical (unpaired) electrons. The fourth-order valence-electron chi connectivity index (χ4n) is 4.80. The van der Waals surface area contributed by atoms with E-state index in [-0.39, 0.29) is 29.9 Å². The first-order valence-electron chi connectivity index (χ1n) is 14.6. The van der Waals surface area contributed by atoms with E-state index in [4.69, 9.17) is 14.2 Å². The summed E-state index contributed by atoms with van der Waals surface area (Å²) in [7, 11) is 0. The van der Waals surface area contributed by atoms with E-state index in [0.717, 1.165) is 37.0 Å². The number of hydrogen-bond donors (Lipinski definition) is 4. The molecule has 3 atom stereocenters. The summed E-state index contributed by atoms with van der Waals surface area (Å²) in [6.07, 6.45) is 4.84. The van der Waals surface area contributed by atoms with E-state index in [9.17, 15) is 14.4 Å². The molecule has 2 heterocycles. The van der Waals surface area contributed by atoms with Crippen LogP contribution in [-0.4, -0.2) is 98.8 Å². The van der Waals surface area contributed by atoms with Gasteiger partial charge in [0.25, 0.3) is 5.91 Å². The summed E-state index contributed by atoms with van der Waals surface area (Å²) in [5, 5.41) is 14.5. The van der Waals surface area contributed by atoms with Crippen LogP contribution in [-0.2, 0) is 19.0 Å². The summed E-state index contributed by atoms with van der Waals surface area (Å²) in [6, 6.07) is 5.75. The fraction of sp³-hybridized carbons (Fsp3) is 0.655. The number of rotatable bonds is 21. The van der Waals surface area contributed by atoms with Crippen molar-refractivity contribution in [3.8, 4) is 0 Å². The van der Waals surface area contributed by atoms with Crippen molar-refractivity contribution in [3.63, 3.8) is 0 Å². The van der Waals surface area contributed by atoms with Gasteiger partial charge < -0.3 is 35.5 Å². The molecule has 1 aromatic carbocycles. The fourth-order valence-corrected chi connectivity index (χ4v) is 6.44. The number of carbonyl (C=O) groups excluding carboxylic acids is 3. The Balaban J connectivity index is 1.04. The predicted molar refractivity (Wildman–Crippen MR) is 167 cm³/mol. The number of carbonyl (C=O) groups is 3. The molecule has 0 aliphatic carbocycles. The van der Waals surface area contributed by atoms with Gasteiger partial charge in [-0.3, -0.25) is 9.59 Å². The second-order valence-corrected chi connectivity index (χ2v) is 11.7. The normalized spacial score (nSPS) is 19.0. The lowest BCUT2D eigenvalue weighted by Crippen LogP contribution is -2.36. The lowest BCUT2D eigenvalue weighted by Gasteiger charge is -2.16. The number of unbranched alkanes of at least 4 members (excludes halogenated alkanes) is 1. The van der Waals surface area contributed by atoms with Gasteiger partial charge in [-0.15, -0.1) is 0 Å². The summed E-state index contributed by atoms with van der Waals surface area (Å²) in [6.45, 7) is 6.03. The van der Waals surface area contributed by atoms with Crippen molar-refractivity contribution in [3.05, 3.63) is 29.3 Å². The van der Waals surface area contributed by atoms with Gasteiger partial charge in [0, 0.05) is 49.3 Å². The Labute approximate surface area is 257 Å². The Morgan fingerprint density at radius 3 is 2.38 bits per heavy atom. The molecule has 0 saturated carbocycles. The number of benzene rings is 1. The third kappa shape index (κ3) is 12.8. The Morgan fingerprint density at radius 1 is 0.976 bits per heavy atom. The lowest BCUT2D eigenvalue weighted by molar-refractivity contribution is -0.121. The highest BCUT2D eigenvalue weighted by atomic mass is 32.2. The van der Waals surface area contributed by atoms with Crippen molar-refractivity contribution in [1.82, 2.24) is 21.3 Å². The third-order valence-corrected chi connectivity index (χ3v) is 8.46. The Bertz CT molecular complexity index is 1070. The molecule has 3 unspecified atom stereocenters. The second-order valence-electron chi connectivity index (χ2n) is 10.3. The molecule has 42 heavy (non-hydrogen) atoms. The van der Waals surface area contributed by atoms with Crippen LogP contribution in [0.4, 0.5) is 10.5 Å². The number of hydrogen-bond acceptors (Lipinski definition) is 9. The van der Waals surface area contributed by atoms with Crippen LogP contribution in [0.15, 0.2) is 23.2 Å². The zero-order chi connectivity index (χ0) is 30.0. The molecular formula is C29H43N5O6S2. The highest BCUT2D eigenvalue weighted by Gasteiger charge is 2.42. The van der Waals surface area contributed by atoms with Crippen LogP contribution in [0.3, 0.4) is 0 Å². The van der Waals surface area contributed by atoms with Gasteiger partial charge >= 0.3 is 6.03 Å². The van der Waals surface area contributed by atoms with Crippen LogP contribution >= 0.6 is 24.0 Å². The van der Waals surface area contributed by atoms with Crippen molar-refractivity contribution in [2.45, 2.75) is 62.8 Å². The summed E-state index contributed by atoms with van der Waals surface area (Å²) in [5.74, 6) is 0.880. The second kappa shape index (κ2) is 19.6. The van der Waals surface area contributed by atoms with Crippen molar-refractivity contribution in [1.29, 1.82) is 0 Å². The summed E-state index contributed by atoms with van der Waals surface area (Å²) < 4.78 is 16.6. The maximum absolute atomic E-state index is 12.3. The number of ether oxygens (including phenoxy) is 3. The number of nitrogens with zero attached hydrogens (tertiary/aromatic N) is 1. The quantitative estimate of drug-likeness (QED) is 0.0711. The molecule has 0 spiro atoms. The van der Waals surface area contributed by atoms with Gasteiger partial charge in [-0.25, -0.2) is 4.79 Å². The van der Waals surface area contributed by atoms with Gasteiger partial charge in [0.1, 0.15) is 0 Å². The molecule has 2 saturated heterocycles. The number of nitrogens with one attached hydrogen (secondary N) is 4. The van der Waals surface area contributed by atoms with E-state index < -0.39 is 0 Å². The summed E-state index contributed by atoms with van der Waals surface area (Å²) in [5.41, 5.74) is 2.09. The average Bonchev–Trinajstić information content (AvgIpc) is 3.52. The Hall–Kier alpha value is -2.54. The van der Waals surface area contributed by atoms with E-state index >= 15 is 0 Å². The minimum atomic E-state index is -0.159. The first-order chi connectivity index (χ1) is 20.5. The van der Waals surface area contributed by atoms with E-state index in [1.54, 1.807) is 12.1 Å². The van der Waals surface area contributed by atoms with Gasteiger partial charge in [0.2, 0.25) is 5.91 Å². The van der Waals surface area contributed by atoms with Crippen molar-refractivity contribution < 1.29 is 28.6 Å². The van der Waals surface area contributed by atoms with Crippen LogP contribution in [0.2, 0.25) is 0 Å². The maximum atomic E-state index is 12.3. The molecular weight excluding hydrogens is 578 g/mol. The van der Waals surface area contributed by atoms with Gasteiger partial charge in [-0.2, -0.15) is 16.8 Å². The van der Waals surface area contributed by atoms with Crippen LogP contribution in [0.5, 0.6) is 0 Å². The molecule has 0 bridgehead atoms. The van der Waals surface area contributed by atoms with Gasteiger partial charge in [-0.1, -0.05) is 6.42 Å². The van der Waals surface area contributed by atoms with Gasteiger partial charge in [0.05, 0.1) is 49.4 Å². The molecule has 4 N–H and O–H groups in total. The topological polar surface area (TPSA) is 139 Å². The van der Waals surface area contributed by atoms with Crippen molar-refractivity contribution >= 4 is 52.7 Å². The number of fused-ring (bicyclic) bond motifs is 1. The first kappa shape index (κ1) is 34.0. The Kier molecular flexibility index (Phi) is 15.9. The lowest BCUT2D eigenvalue weighted by atomic mass is 10.0. The zero-order valence-electron chi connectivity index (χ0n) is 24.3. The number of aliphatic imine (C=N–C) groups is 1. The summed E-state index contributed by atoms with van der Waals surface area (Å²) >= 11 is 6.53. The number of isothiocyanates is 1. The predicted octanol–water partition coefficient (Wildman–Crippen LogP) is 3.13. The molecule has 2 aliphatic heterocycles. The van der Waals surface area contributed by atoms with E-state index in [2.05, 4.69) is 43.6 Å². The number of amides is 4. The molecule has 2 aliphatic rings. The SMILES string of the molecule is Cc1cc(N=C=S)cc(C(=O)NCCCOCCOCCOCCCNC(=O)CCCCC2SCC3NC(=O)NC32)c1. The van der Waals surface area contributed by atoms with Crippen molar-refractivity contribution in [2.75, 3.05) is 58.5 Å². The van der Waals surface area contributed by atoms with E-state index in [1.807, 2.05) is 24.8 Å². The molecule has 13 heteroatoms. The standard InChI is InChI=1S/C29H43N5O6S2/c1-21-16-22(18-23(17-21)32-20-41)28(36)31-9-5-11-39-13-15-40-14-12-38-10-4-8-30-26(35)7-3-2-6-25-27-24(19-42-25)33-29(37)34-27/h16-18,24-25,27H,2-15,19H2,1H3,(H,30,35)(H,31,36)(H2,33,34,37). The first-order valence-corrected chi connectivity index (χ1v) is 16.1. The minimum Gasteiger partial charge on any atom is -0.379 e. The van der Waals surface area contributed by atoms with Crippen LogP contribution in [0.25, 0.3) is 0 Å². The highest BCUT2D eigenvalue weighted by Crippen LogP contribution is 2.33. The van der Waals surface area contributed by atoms with Crippen LogP contribution in [0, 0.1) is 6.92 Å². The average molecular weight is 622 g/mol. The number of thioether (sulfide) groups is 1. The van der Waals surface area contributed by atoms with E-state index in [1.165, 1.54) is 0 Å². The van der Waals surface area contributed by atoms with Crippen LogP contribution in [0.1, 0.15) is 54.4 Å². The van der Waals surface area contributed by atoms with Crippen LogP contribution < -0.4 is 21.3 Å². The molecule has 4 amide bonds. The number of aryl methyl sites for hydroxylation is 1. The maximum Gasteiger partial charge on any atom is 0.315 e. The minimum absolute atomic E-state index is 0.0580. The van der Waals surface area contributed by atoms with E-state index in [0.29, 0.717) is 82.1 Å². The summed E-state index contributed by atoms with van der Waals surface area (Å²) in [4.78, 5) is 39.7. The smallest absolute Gasteiger partial charge is 0.315 e. The molecule has 11 nitrogen and oxygen atoms in total. The monoisotopic (exact) mass is 621 g/mol. The Morgan fingerprint density at radius 2 is 1.67 bits per heavy atom. The third-order valence-electron chi connectivity index (χ3n) is 6.86. The molecule has 0 aromatic heterocycles. The largest absolute Gasteiger partial charge is 0.379 e. The number of thiocarbonyl (C=S) groups is 1. The molecule has 232 valence electrons. The highest BCUT2D eigenvalue weighted by molar-refractivity contribution is 8.00.